The molecule has 0 bridgehead atoms. The van der Waals surface area contributed by atoms with Crippen LogP contribution in [-0.4, -0.2) is 35.6 Å². The van der Waals surface area contributed by atoms with Crippen LogP contribution in [0.5, 0.6) is 0 Å². The third kappa shape index (κ3) is 2.61. The fourth-order valence-electron chi connectivity index (χ4n) is 2.30. The Labute approximate surface area is 116 Å². The number of hydrogen-bond donors (Lipinski definition) is 2. The molecule has 1 amide bonds. The number of carbonyl (C=O) groups excluding carboxylic acids is 1. The van der Waals surface area contributed by atoms with Crippen molar-refractivity contribution >= 4 is 22.8 Å². The molecule has 6 nitrogen and oxygen atoms in total. The zero-order valence-electron chi connectivity index (χ0n) is 11.2. The van der Waals surface area contributed by atoms with Crippen LogP contribution in [0.25, 0.3) is 10.9 Å². The van der Waals surface area contributed by atoms with Crippen molar-refractivity contribution in [3.8, 4) is 0 Å². The lowest BCUT2D eigenvalue weighted by atomic mass is 10.1. The van der Waals surface area contributed by atoms with Crippen molar-refractivity contribution in [3.05, 3.63) is 30.0 Å². The molecule has 1 aliphatic heterocycles. The lowest BCUT2D eigenvalue weighted by Gasteiger charge is -2.24. The van der Waals surface area contributed by atoms with Gasteiger partial charge in [0.1, 0.15) is 6.10 Å². The minimum Gasteiger partial charge on any atom is -0.369 e. The van der Waals surface area contributed by atoms with E-state index in [1.165, 1.54) is 6.92 Å². The minimum absolute atomic E-state index is 0.121. The van der Waals surface area contributed by atoms with E-state index < -0.39 is 0 Å². The van der Waals surface area contributed by atoms with Gasteiger partial charge in [-0.3, -0.25) is 10.1 Å². The van der Waals surface area contributed by atoms with Crippen molar-refractivity contribution in [3.63, 3.8) is 0 Å². The van der Waals surface area contributed by atoms with E-state index in [0.717, 1.165) is 23.1 Å². The summed E-state index contributed by atoms with van der Waals surface area (Å²) in [5.41, 5.74) is 1.61. The average Bonchev–Trinajstić information content (AvgIpc) is 2.47. The summed E-state index contributed by atoms with van der Waals surface area (Å²) in [7, 11) is 0. The summed E-state index contributed by atoms with van der Waals surface area (Å²) in [5, 5.41) is 6.88. The van der Waals surface area contributed by atoms with E-state index in [2.05, 4.69) is 20.6 Å². The predicted octanol–water partition coefficient (Wildman–Crippen LogP) is 1.25. The van der Waals surface area contributed by atoms with Crippen molar-refractivity contribution < 1.29 is 9.53 Å². The maximum Gasteiger partial charge on any atom is 0.230 e. The molecule has 1 fully saturated rings. The number of fused-ring (bicyclic) bond motifs is 1. The number of carbonyl (C=O) groups is 1. The predicted molar refractivity (Wildman–Crippen MR) is 75.4 cm³/mol. The highest BCUT2D eigenvalue weighted by molar-refractivity contribution is 5.89. The molecule has 1 aromatic carbocycles. The number of amides is 1. The molecule has 6 heteroatoms. The van der Waals surface area contributed by atoms with E-state index in [4.69, 9.17) is 4.74 Å². The Hall–Kier alpha value is -2.05. The number of para-hydroxylation sites is 1. The number of morpholine rings is 1. The van der Waals surface area contributed by atoms with Crippen LogP contribution in [0.15, 0.2) is 24.3 Å². The topological polar surface area (TPSA) is 76.1 Å². The van der Waals surface area contributed by atoms with Gasteiger partial charge in [-0.2, -0.15) is 0 Å². The van der Waals surface area contributed by atoms with Crippen molar-refractivity contribution in [2.45, 2.75) is 13.0 Å². The molecule has 1 aliphatic rings. The van der Waals surface area contributed by atoms with Crippen LogP contribution in [0.2, 0.25) is 0 Å². The summed E-state index contributed by atoms with van der Waals surface area (Å²) in [4.78, 5) is 20.0. The molecule has 0 radical (unpaired) electrons. The first kappa shape index (κ1) is 13.0. The molecule has 20 heavy (non-hydrogen) atoms. The van der Waals surface area contributed by atoms with Crippen molar-refractivity contribution in [2.75, 3.05) is 25.0 Å². The first-order valence-electron chi connectivity index (χ1n) is 6.60. The standard InChI is InChI=1S/C14H16N4O2/c1-9(19)16-14-17-11-5-3-2-4-10(11)13(18-14)12-8-15-6-7-20-12/h2-5,12,15H,6-8H2,1H3,(H,16,17,18,19). The number of benzene rings is 1. The number of rotatable bonds is 2. The van der Waals surface area contributed by atoms with Crippen LogP contribution in [-0.2, 0) is 9.53 Å². The van der Waals surface area contributed by atoms with Gasteiger partial charge in [0.25, 0.3) is 0 Å². The van der Waals surface area contributed by atoms with Gasteiger partial charge in [-0.25, -0.2) is 9.97 Å². The van der Waals surface area contributed by atoms with Gasteiger partial charge < -0.3 is 10.1 Å². The summed E-state index contributed by atoms with van der Waals surface area (Å²) >= 11 is 0. The Morgan fingerprint density at radius 1 is 1.40 bits per heavy atom. The van der Waals surface area contributed by atoms with Crippen molar-refractivity contribution in [1.29, 1.82) is 0 Å². The normalized spacial score (nSPS) is 18.9. The van der Waals surface area contributed by atoms with Gasteiger partial charge >= 0.3 is 0 Å². The first-order chi connectivity index (χ1) is 9.74. The number of ether oxygens (including phenoxy) is 1. The Morgan fingerprint density at radius 3 is 3.00 bits per heavy atom. The van der Waals surface area contributed by atoms with E-state index in [1.807, 2.05) is 24.3 Å². The average molecular weight is 272 g/mol. The van der Waals surface area contributed by atoms with Crippen molar-refractivity contribution in [2.24, 2.45) is 0 Å². The zero-order chi connectivity index (χ0) is 13.9. The van der Waals surface area contributed by atoms with Crippen LogP contribution in [0.1, 0.15) is 18.7 Å². The molecule has 2 aromatic rings. The molecule has 0 saturated carbocycles. The monoisotopic (exact) mass is 272 g/mol. The Bertz CT molecular complexity index is 638. The lowest BCUT2D eigenvalue weighted by molar-refractivity contribution is -0.114. The third-order valence-electron chi connectivity index (χ3n) is 3.15. The quantitative estimate of drug-likeness (QED) is 0.860. The number of nitrogens with zero attached hydrogens (tertiary/aromatic N) is 2. The molecule has 0 aliphatic carbocycles. The summed E-state index contributed by atoms with van der Waals surface area (Å²) in [6, 6.07) is 7.74. The van der Waals surface area contributed by atoms with Crippen LogP contribution in [0.4, 0.5) is 5.95 Å². The highest BCUT2D eigenvalue weighted by atomic mass is 16.5. The van der Waals surface area contributed by atoms with Gasteiger partial charge in [-0.05, 0) is 6.07 Å². The molecule has 104 valence electrons. The fourth-order valence-corrected chi connectivity index (χ4v) is 2.30. The molecule has 2 heterocycles. The van der Waals surface area contributed by atoms with E-state index in [9.17, 15) is 4.79 Å². The molecular formula is C14H16N4O2. The number of hydrogen-bond acceptors (Lipinski definition) is 5. The van der Waals surface area contributed by atoms with Gasteiger partial charge in [-0.1, -0.05) is 18.2 Å². The highest BCUT2D eigenvalue weighted by Gasteiger charge is 2.21. The molecule has 0 spiro atoms. The Kier molecular flexibility index (Phi) is 3.58. The van der Waals surface area contributed by atoms with Gasteiger partial charge in [0, 0.05) is 25.4 Å². The van der Waals surface area contributed by atoms with E-state index in [-0.39, 0.29) is 12.0 Å². The Morgan fingerprint density at radius 2 is 2.25 bits per heavy atom. The second-order valence-corrected chi connectivity index (χ2v) is 4.69. The van der Waals surface area contributed by atoms with Gasteiger partial charge in [0.2, 0.25) is 11.9 Å². The van der Waals surface area contributed by atoms with E-state index >= 15 is 0 Å². The zero-order valence-corrected chi connectivity index (χ0v) is 11.2. The number of nitrogens with one attached hydrogen (secondary N) is 2. The maximum absolute atomic E-state index is 11.2. The van der Waals surface area contributed by atoms with Crippen LogP contribution >= 0.6 is 0 Å². The third-order valence-corrected chi connectivity index (χ3v) is 3.15. The van der Waals surface area contributed by atoms with Gasteiger partial charge in [0.15, 0.2) is 0 Å². The minimum atomic E-state index is -0.186. The fraction of sp³-hybridized carbons (Fsp3) is 0.357. The maximum atomic E-state index is 11.2. The summed E-state index contributed by atoms with van der Waals surface area (Å²) < 4.78 is 5.77. The highest BCUT2D eigenvalue weighted by Crippen LogP contribution is 2.26. The van der Waals surface area contributed by atoms with Crippen LogP contribution in [0, 0.1) is 0 Å². The van der Waals surface area contributed by atoms with E-state index in [0.29, 0.717) is 19.1 Å². The SMILES string of the molecule is CC(=O)Nc1nc(C2CNCCO2)c2ccccc2n1. The largest absolute Gasteiger partial charge is 0.369 e. The number of anilines is 1. The molecule has 1 unspecified atom stereocenters. The van der Waals surface area contributed by atoms with Gasteiger partial charge in [-0.15, -0.1) is 0 Å². The molecule has 2 N–H and O–H groups in total. The lowest BCUT2D eigenvalue weighted by Crippen LogP contribution is -2.34. The summed E-state index contributed by atoms with van der Waals surface area (Å²) in [5.74, 6) is 0.134. The molecule has 1 saturated heterocycles. The van der Waals surface area contributed by atoms with Crippen LogP contribution < -0.4 is 10.6 Å². The van der Waals surface area contributed by atoms with E-state index in [1.54, 1.807) is 0 Å². The first-order valence-corrected chi connectivity index (χ1v) is 6.60. The molecule has 3 rings (SSSR count). The summed E-state index contributed by atoms with van der Waals surface area (Å²) in [6.45, 7) is 3.65. The second-order valence-electron chi connectivity index (χ2n) is 4.69. The Balaban J connectivity index is 2.08. The van der Waals surface area contributed by atoms with Crippen molar-refractivity contribution in [1.82, 2.24) is 15.3 Å². The van der Waals surface area contributed by atoms with Gasteiger partial charge in [0.05, 0.1) is 17.8 Å². The second kappa shape index (κ2) is 5.52. The smallest absolute Gasteiger partial charge is 0.230 e. The number of aromatic nitrogens is 2. The van der Waals surface area contributed by atoms with Crippen LogP contribution in [0.3, 0.4) is 0 Å². The summed E-state index contributed by atoms with van der Waals surface area (Å²) in [6.07, 6.45) is -0.121. The molecule has 1 aromatic heterocycles. The molecular weight excluding hydrogens is 256 g/mol. The molecule has 1 atom stereocenters.